The molecule has 0 radical (unpaired) electrons. The number of carbonyl (C=O) groups excluding carboxylic acids is 2. The zero-order chi connectivity index (χ0) is 21.8. The van der Waals surface area contributed by atoms with Gasteiger partial charge in [0.2, 0.25) is 6.10 Å². The van der Waals surface area contributed by atoms with Crippen LogP contribution in [0.15, 0.2) is 61.2 Å². The molecule has 158 valence electrons. The molecule has 0 aliphatic carbocycles. The minimum Gasteiger partial charge on any atom is -0.497 e. The Balaban J connectivity index is 2.16. The van der Waals surface area contributed by atoms with Gasteiger partial charge < -0.3 is 14.8 Å². The van der Waals surface area contributed by atoms with Crippen LogP contribution < -0.4 is 15.0 Å². The van der Waals surface area contributed by atoms with Gasteiger partial charge in [0.05, 0.1) is 24.5 Å². The van der Waals surface area contributed by atoms with Crippen LogP contribution in [0, 0.1) is 0 Å². The van der Waals surface area contributed by atoms with Crippen molar-refractivity contribution in [2.45, 2.75) is 25.2 Å². The Morgan fingerprint density at radius 3 is 2.43 bits per heavy atom. The first-order valence-corrected chi connectivity index (χ1v) is 9.66. The van der Waals surface area contributed by atoms with Crippen molar-refractivity contribution in [1.82, 2.24) is 4.90 Å². The number of hydrogen-bond donors (Lipinski definition) is 1. The van der Waals surface area contributed by atoms with E-state index in [0.717, 1.165) is 11.3 Å². The van der Waals surface area contributed by atoms with Gasteiger partial charge in [0.1, 0.15) is 11.9 Å². The fraction of sp³-hybridized carbons (Fsp3) is 0.304. The number of para-hydroxylation sites is 2. The van der Waals surface area contributed by atoms with Crippen LogP contribution in [0.4, 0.5) is 11.4 Å². The van der Waals surface area contributed by atoms with Crippen molar-refractivity contribution in [3.8, 4) is 5.75 Å². The highest BCUT2D eigenvalue weighted by Crippen LogP contribution is 2.38. The summed E-state index contributed by atoms with van der Waals surface area (Å²) in [5.41, 5.74) is 2.25. The lowest BCUT2D eigenvalue weighted by Crippen LogP contribution is -2.52. The number of rotatable bonds is 6. The highest BCUT2D eigenvalue weighted by Gasteiger charge is 2.42. The molecule has 0 saturated heterocycles. The molecular formula is C23H27N3O4. The minimum atomic E-state index is -1.06. The molecule has 1 aliphatic rings. The molecule has 0 saturated carbocycles. The van der Waals surface area contributed by atoms with Crippen molar-refractivity contribution in [2.24, 2.45) is 0 Å². The number of likely N-dealkylation sites (N-methyl/N-ethyl adjacent to an activating group) is 1. The second kappa shape index (κ2) is 9.00. The zero-order valence-electron chi connectivity index (χ0n) is 17.7. The van der Waals surface area contributed by atoms with Crippen LogP contribution in [-0.2, 0) is 14.3 Å². The Morgan fingerprint density at radius 1 is 1.20 bits per heavy atom. The number of nitrogens with zero attached hydrogens (tertiary/aromatic N) is 2. The minimum absolute atomic E-state index is 0.331. The Bertz CT molecular complexity index is 926. The van der Waals surface area contributed by atoms with Crippen LogP contribution in [0.25, 0.3) is 0 Å². The number of amides is 1. The Labute approximate surface area is 176 Å². The molecule has 7 nitrogen and oxygen atoms in total. The predicted molar refractivity (Wildman–Crippen MR) is 117 cm³/mol. The number of methoxy groups -OCH3 is 1. The number of benzene rings is 2. The van der Waals surface area contributed by atoms with E-state index < -0.39 is 24.3 Å². The van der Waals surface area contributed by atoms with E-state index >= 15 is 0 Å². The van der Waals surface area contributed by atoms with E-state index in [2.05, 4.69) is 11.9 Å². The van der Waals surface area contributed by atoms with Gasteiger partial charge in [-0.25, -0.2) is 0 Å². The summed E-state index contributed by atoms with van der Waals surface area (Å²) in [6.07, 6.45) is 0.201. The molecule has 2 aromatic rings. The lowest BCUT2D eigenvalue weighted by atomic mass is 10.00. The average Bonchev–Trinajstić information content (AvgIpc) is 2.84. The highest BCUT2D eigenvalue weighted by molar-refractivity contribution is 6.03. The first-order valence-electron chi connectivity index (χ1n) is 9.66. The summed E-state index contributed by atoms with van der Waals surface area (Å²) in [6.45, 7) is 5.20. The lowest BCUT2D eigenvalue weighted by Gasteiger charge is -2.35. The van der Waals surface area contributed by atoms with Crippen LogP contribution >= 0.6 is 0 Å². The number of ether oxygens (including phenoxy) is 2. The third-order valence-electron chi connectivity index (χ3n) is 5.03. The summed E-state index contributed by atoms with van der Waals surface area (Å²) in [6, 6.07) is 14.3. The van der Waals surface area contributed by atoms with Crippen molar-refractivity contribution in [2.75, 3.05) is 31.4 Å². The van der Waals surface area contributed by atoms with Crippen molar-refractivity contribution in [3.05, 3.63) is 66.7 Å². The molecule has 3 atom stereocenters. The first kappa shape index (κ1) is 21.4. The van der Waals surface area contributed by atoms with Gasteiger partial charge >= 0.3 is 5.97 Å². The van der Waals surface area contributed by atoms with E-state index in [9.17, 15) is 9.59 Å². The second-order valence-electron chi connectivity index (χ2n) is 7.26. The predicted octanol–water partition coefficient (Wildman–Crippen LogP) is 3.20. The first-order chi connectivity index (χ1) is 14.4. The van der Waals surface area contributed by atoms with Gasteiger partial charge in [-0.3, -0.25) is 19.4 Å². The normalized spacial score (nSPS) is 19.4. The Hall–Kier alpha value is -3.32. The van der Waals surface area contributed by atoms with Crippen LogP contribution in [0.3, 0.4) is 0 Å². The van der Waals surface area contributed by atoms with Crippen molar-refractivity contribution in [3.63, 3.8) is 0 Å². The number of fused-ring (bicyclic) bond motifs is 1. The molecule has 0 spiro atoms. The molecule has 1 heterocycles. The lowest BCUT2D eigenvalue weighted by molar-refractivity contribution is -0.154. The third kappa shape index (κ3) is 4.16. The number of hydrogen-bond acceptors (Lipinski definition) is 6. The van der Waals surface area contributed by atoms with Crippen molar-refractivity contribution < 1.29 is 19.1 Å². The summed E-state index contributed by atoms with van der Waals surface area (Å²) in [5.74, 6) is -0.161. The van der Waals surface area contributed by atoms with E-state index in [0.29, 0.717) is 11.4 Å². The Kier molecular flexibility index (Phi) is 6.42. The summed E-state index contributed by atoms with van der Waals surface area (Å²) in [4.78, 5) is 29.2. The molecule has 1 unspecified atom stereocenters. The van der Waals surface area contributed by atoms with Gasteiger partial charge in [0.15, 0.2) is 0 Å². The van der Waals surface area contributed by atoms with Gasteiger partial charge in [-0.05, 0) is 43.9 Å². The van der Waals surface area contributed by atoms with Crippen molar-refractivity contribution in [1.29, 1.82) is 0 Å². The van der Waals surface area contributed by atoms with E-state index in [1.165, 1.54) is 6.92 Å². The number of nitrogens with one attached hydrogen (secondary N) is 1. The molecule has 30 heavy (non-hydrogen) atoms. The van der Waals surface area contributed by atoms with Gasteiger partial charge in [-0.2, -0.15) is 0 Å². The van der Waals surface area contributed by atoms with Crippen molar-refractivity contribution >= 4 is 23.3 Å². The largest absolute Gasteiger partial charge is 0.497 e. The summed E-state index contributed by atoms with van der Waals surface area (Å²) < 4.78 is 10.8. The van der Waals surface area contributed by atoms with Gasteiger partial charge in [0.25, 0.3) is 5.91 Å². The maximum absolute atomic E-state index is 13.8. The van der Waals surface area contributed by atoms with Gasteiger partial charge in [-0.1, -0.05) is 36.9 Å². The quantitative estimate of drug-likeness (QED) is 0.584. The number of carbonyl (C=O) groups is 2. The van der Waals surface area contributed by atoms with Crippen LogP contribution in [0.1, 0.15) is 18.5 Å². The topological polar surface area (TPSA) is 71.1 Å². The fourth-order valence-electron chi connectivity index (χ4n) is 3.63. The molecule has 7 heteroatoms. The molecule has 1 aliphatic heterocycles. The standard InChI is InChI=1S/C23H27N3O4/c1-6-20(25(3)4)26-19-10-8-7-9-18(19)24-21(22(23(26)28)30-15(2)27)16-11-13-17(29-5)14-12-16/h6-14,20-22,24H,1H2,2-5H3/t20?,21-,22+/m1/s1. The smallest absolute Gasteiger partial charge is 0.303 e. The van der Waals surface area contributed by atoms with E-state index in [-0.39, 0.29) is 5.91 Å². The summed E-state index contributed by atoms with van der Waals surface area (Å²) in [7, 11) is 5.32. The highest BCUT2D eigenvalue weighted by atomic mass is 16.5. The molecule has 0 bridgehead atoms. The zero-order valence-corrected chi connectivity index (χ0v) is 17.7. The van der Waals surface area contributed by atoms with E-state index in [1.807, 2.05) is 67.5 Å². The van der Waals surface area contributed by atoms with Crippen LogP contribution in [0.2, 0.25) is 0 Å². The molecular weight excluding hydrogens is 382 g/mol. The van der Waals surface area contributed by atoms with Gasteiger partial charge in [-0.15, -0.1) is 0 Å². The molecule has 1 amide bonds. The number of esters is 1. The molecule has 0 aromatic heterocycles. The Morgan fingerprint density at radius 2 is 1.87 bits per heavy atom. The monoisotopic (exact) mass is 409 g/mol. The second-order valence-corrected chi connectivity index (χ2v) is 7.26. The molecule has 3 rings (SSSR count). The SMILES string of the molecule is C=CC(N(C)C)N1C(=O)[C@@H](OC(C)=O)[C@@H](c2ccc(OC)cc2)Nc2ccccc21. The molecule has 1 N–H and O–H groups in total. The maximum atomic E-state index is 13.8. The molecule has 2 aromatic carbocycles. The third-order valence-corrected chi connectivity index (χ3v) is 5.03. The van der Waals surface area contributed by atoms with Gasteiger partial charge in [0, 0.05) is 6.92 Å². The average molecular weight is 409 g/mol. The van der Waals surface area contributed by atoms with E-state index in [1.54, 1.807) is 18.1 Å². The number of anilines is 2. The van der Waals surface area contributed by atoms with Crippen LogP contribution in [0.5, 0.6) is 5.75 Å². The van der Waals surface area contributed by atoms with Crippen LogP contribution in [-0.4, -0.2) is 50.3 Å². The van der Waals surface area contributed by atoms with E-state index in [4.69, 9.17) is 9.47 Å². The fourth-order valence-corrected chi connectivity index (χ4v) is 3.63. The summed E-state index contributed by atoms with van der Waals surface area (Å²) >= 11 is 0. The summed E-state index contributed by atoms with van der Waals surface area (Å²) in [5, 5.41) is 3.41. The maximum Gasteiger partial charge on any atom is 0.303 e. The molecule has 0 fully saturated rings.